The number of rotatable bonds is 3. The minimum Gasteiger partial charge on any atom is -0.326 e. The molecular weight excluding hydrogens is 303 g/mol. The lowest BCUT2D eigenvalue weighted by Gasteiger charge is -2.29. The zero-order valence-corrected chi connectivity index (χ0v) is 12.8. The summed E-state index contributed by atoms with van der Waals surface area (Å²) >= 11 is 5.86. The third-order valence-electron chi connectivity index (χ3n) is 3.66. The van der Waals surface area contributed by atoms with Crippen molar-refractivity contribution in [3.63, 3.8) is 0 Å². The smallest absolute Gasteiger partial charge is 0.246 e. The van der Waals surface area contributed by atoms with E-state index in [1.54, 1.807) is 0 Å². The fourth-order valence-electron chi connectivity index (χ4n) is 2.32. The molecule has 0 atom stereocenters. The second-order valence-electron chi connectivity index (χ2n) is 5.17. The third-order valence-corrected chi connectivity index (χ3v) is 5.78. The van der Waals surface area contributed by atoms with Gasteiger partial charge in [0.1, 0.15) is 10.7 Å². The highest BCUT2D eigenvalue weighted by Gasteiger charge is 2.31. The molecule has 0 aliphatic carbocycles. The number of nitrogens with zero attached hydrogens (tertiary/aromatic N) is 1. The predicted molar refractivity (Wildman–Crippen MR) is 76.5 cm³/mol. The molecule has 0 spiro atoms. The Morgan fingerprint density at radius 3 is 2.55 bits per heavy atom. The molecular formula is C13H18ClFN2O2S. The van der Waals surface area contributed by atoms with Gasteiger partial charge in [-0.25, -0.2) is 12.8 Å². The maximum atomic E-state index is 14.2. The van der Waals surface area contributed by atoms with Crippen molar-refractivity contribution in [2.24, 2.45) is 11.7 Å². The Hall–Kier alpha value is -0.690. The molecule has 0 saturated carbocycles. The average Bonchev–Trinajstić information content (AvgIpc) is 2.41. The van der Waals surface area contributed by atoms with Crippen LogP contribution in [0.15, 0.2) is 17.0 Å². The largest absolute Gasteiger partial charge is 0.326 e. The van der Waals surface area contributed by atoms with E-state index in [2.05, 4.69) is 6.92 Å². The van der Waals surface area contributed by atoms with Crippen LogP contribution in [0.3, 0.4) is 0 Å². The fraction of sp³-hybridized carbons (Fsp3) is 0.538. The molecule has 1 aromatic carbocycles. The summed E-state index contributed by atoms with van der Waals surface area (Å²) in [6.45, 7) is 2.81. The predicted octanol–water partition coefficient (Wildman–Crippen LogP) is 2.36. The summed E-state index contributed by atoms with van der Waals surface area (Å²) in [5, 5.41) is 0.177. The monoisotopic (exact) mass is 320 g/mol. The summed E-state index contributed by atoms with van der Waals surface area (Å²) in [7, 11) is -3.85. The van der Waals surface area contributed by atoms with Gasteiger partial charge in [0, 0.05) is 30.2 Å². The molecule has 0 aromatic heterocycles. The van der Waals surface area contributed by atoms with E-state index < -0.39 is 15.8 Å². The van der Waals surface area contributed by atoms with Crippen LogP contribution in [0.25, 0.3) is 0 Å². The van der Waals surface area contributed by atoms with Crippen molar-refractivity contribution in [1.82, 2.24) is 4.31 Å². The second-order valence-corrected chi connectivity index (χ2v) is 7.51. The Morgan fingerprint density at radius 1 is 1.40 bits per heavy atom. The normalized spacial score (nSPS) is 18.4. The Morgan fingerprint density at radius 2 is 2.00 bits per heavy atom. The molecule has 1 fully saturated rings. The molecule has 2 rings (SSSR count). The van der Waals surface area contributed by atoms with Crippen LogP contribution in [0.2, 0.25) is 5.02 Å². The lowest BCUT2D eigenvalue weighted by atomic mass is 10.0. The summed E-state index contributed by atoms with van der Waals surface area (Å²) in [5.74, 6) is -0.305. The van der Waals surface area contributed by atoms with Crippen molar-refractivity contribution in [2.45, 2.75) is 31.2 Å². The highest BCUT2D eigenvalue weighted by atomic mass is 35.5. The molecule has 0 radical (unpaired) electrons. The highest BCUT2D eigenvalue weighted by molar-refractivity contribution is 7.89. The molecule has 1 aromatic rings. The van der Waals surface area contributed by atoms with Gasteiger partial charge in [-0.1, -0.05) is 18.5 Å². The Balaban J connectivity index is 2.42. The van der Waals surface area contributed by atoms with Gasteiger partial charge in [0.2, 0.25) is 10.0 Å². The highest BCUT2D eigenvalue weighted by Crippen LogP contribution is 2.28. The van der Waals surface area contributed by atoms with E-state index in [1.165, 1.54) is 10.4 Å². The maximum Gasteiger partial charge on any atom is 0.246 e. The molecule has 0 unspecified atom stereocenters. The van der Waals surface area contributed by atoms with Crippen molar-refractivity contribution in [3.05, 3.63) is 28.5 Å². The van der Waals surface area contributed by atoms with Gasteiger partial charge in [-0.3, -0.25) is 0 Å². The van der Waals surface area contributed by atoms with Crippen molar-refractivity contribution in [1.29, 1.82) is 0 Å². The van der Waals surface area contributed by atoms with Crippen LogP contribution >= 0.6 is 11.6 Å². The number of benzene rings is 1. The van der Waals surface area contributed by atoms with Crippen molar-refractivity contribution < 1.29 is 12.8 Å². The quantitative estimate of drug-likeness (QED) is 0.930. The molecule has 0 bridgehead atoms. The van der Waals surface area contributed by atoms with Crippen molar-refractivity contribution in [2.75, 3.05) is 13.1 Å². The summed E-state index contributed by atoms with van der Waals surface area (Å²) < 4.78 is 40.6. The molecule has 7 heteroatoms. The standard InChI is InChI=1S/C13H18ClFN2O2S/c1-9-2-4-17(5-3-9)20(18,19)12-7-11(14)6-10(8-16)13(12)15/h6-7,9H,2-5,8,16H2,1H3. The van der Waals surface area contributed by atoms with Crippen molar-refractivity contribution >= 4 is 21.6 Å². The molecule has 1 aliphatic rings. The van der Waals surface area contributed by atoms with E-state index in [-0.39, 0.29) is 22.0 Å². The number of halogens is 2. The van der Waals surface area contributed by atoms with E-state index in [0.29, 0.717) is 19.0 Å². The first-order chi connectivity index (χ1) is 9.36. The first-order valence-corrected chi connectivity index (χ1v) is 8.36. The zero-order valence-electron chi connectivity index (χ0n) is 11.3. The van der Waals surface area contributed by atoms with Gasteiger partial charge in [-0.15, -0.1) is 0 Å². The van der Waals surface area contributed by atoms with Crippen LogP contribution < -0.4 is 5.73 Å². The number of piperidine rings is 1. The average molecular weight is 321 g/mol. The molecule has 4 nitrogen and oxygen atoms in total. The molecule has 0 amide bonds. The van der Waals surface area contributed by atoms with Gasteiger partial charge < -0.3 is 5.73 Å². The first kappa shape index (κ1) is 15.7. The topological polar surface area (TPSA) is 63.4 Å². The molecule has 1 heterocycles. The van der Waals surface area contributed by atoms with Gasteiger partial charge in [0.15, 0.2) is 0 Å². The molecule has 1 saturated heterocycles. The number of hydrogen-bond acceptors (Lipinski definition) is 3. The van der Waals surface area contributed by atoms with E-state index in [0.717, 1.165) is 18.9 Å². The molecule has 1 aliphatic heterocycles. The zero-order chi connectivity index (χ0) is 14.9. The van der Waals surface area contributed by atoms with E-state index in [1.807, 2.05) is 0 Å². The van der Waals surface area contributed by atoms with Gasteiger partial charge in [0.25, 0.3) is 0 Å². The van der Waals surface area contributed by atoms with E-state index >= 15 is 0 Å². The lowest BCUT2D eigenvalue weighted by molar-refractivity contribution is 0.287. The van der Waals surface area contributed by atoms with Crippen molar-refractivity contribution in [3.8, 4) is 0 Å². The molecule has 112 valence electrons. The van der Waals surface area contributed by atoms with Crippen LogP contribution in [0.1, 0.15) is 25.3 Å². The van der Waals surface area contributed by atoms with Crippen LogP contribution in [-0.2, 0) is 16.6 Å². The Kier molecular flexibility index (Phi) is 4.69. The van der Waals surface area contributed by atoms with Crippen LogP contribution in [-0.4, -0.2) is 25.8 Å². The number of nitrogens with two attached hydrogens (primary N) is 1. The van der Waals surface area contributed by atoms with E-state index in [4.69, 9.17) is 17.3 Å². The van der Waals surface area contributed by atoms with Crippen LogP contribution in [0.5, 0.6) is 0 Å². The maximum absolute atomic E-state index is 14.2. The summed E-state index contributed by atoms with van der Waals surface area (Å²) in [4.78, 5) is -0.375. The molecule has 2 N–H and O–H groups in total. The Bertz CT molecular complexity index is 599. The first-order valence-electron chi connectivity index (χ1n) is 6.54. The minimum absolute atomic E-state index is 0.0913. The molecule has 20 heavy (non-hydrogen) atoms. The lowest BCUT2D eigenvalue weighted by Crippen LogP contribution is -2.38. The third kappa shape index (κ3) is 2.98. The van der Waals surface area contributed by atoms with E-state index in [9.17, 15) is 12.8 Å². The SMILES string of the molecule is CC1CCN(S(=O)(=O)c2cc(Cl)cc(CN)c2F)CC1. The van der Waals surface area contributed by atoms with Gasteiger partial charge in [-0.05, 0) is 30.9 Å². The number of hydrogen-bond donors (Lipinski definition) is 1. The minimum atomic E-state index is -3.85. The van der Waals surface area contributed by atoms with Crippen LogP contribution in [0.4, 0.5) is 4.39 Å². The fourth-order valence-corrected chi connectivity index (χ4v) is 4.23. The number of sulfonamides is 1. The van der Waals surface area contributed by atoms with Gasteiger partial charge >= 0.3 is 0 Å². The van der Waals surface area contributed by atoms with Gasteiger partial charge in [-0.2, -0.15) is 4.31 Å². The summed E-state index contributed by atoms with van der Waals surface area (Å²) in [6, 6.07) is 2.51. The summed E-state index contributed by atoms with van der Waals surface area (Å²) in [5.41, 5.74) is 5.53. The summed E-state index contributed by atoms with van der Waals surface area (Å²) in [6.07, 6.45) is 1.57. The second kappa shape index (κ2) is 5.97. The van der Waals surface area contributed by atoms with Crippen LogP contribution in [0, 0.1) is 11.7 Å². The Labute approximate surface area is 123 Å². The van der Waals surface area contributed by atoms with Gasteiger partial charge in [0.05, 0.1) is 0 Å².